The van der Waals surface area contributed by atoms with Crippen LogP contribution >= 0.6 is 23.2 Å². The maximum atomic E-state index is 13.6. The van der Waals surface area contributed by atoms with Gasteiger partial charge in [0.05, 0.1) is 18.4 Å². The van der Waals surface area contributed by atoms with Crippen molar-refractivity contribution in [1.82, 2.24) is 4.98 Å². The van der Waals surface area contributed by atoms with Gasteiger partial charge in [0.2, 0.25) is 0 Å². The standard InChI is InChI=1S/C13H9Cl2FN2O2/c1-20-7-2-4-9(16)10(6-7)17-13(19)8-3-5-11(14)18-12(8)15/h2-6H,1H3,(H,17,19). The first-order valence-corrected chi connectivity index (χ1v) is 6.24. The number of pyridine rings is 1. The van der Waals surface area contributed by atoms with Crippen LogP contribution in [0, 0.1) is 5.82 Å². The highest BCUT2D eigenvalue weighted by atomic mass is 35.5. The molecule has 0 aliphatic heterocycles. The zero-order valence-electron chi connectivity index (χ0n) is 10.3. The van der Waals surface area contributed by atoms with E-state index in [0.29, 0.717) is 5.75 Å². The number of nitrogens with zero attached hydrogens (tertiary/aromatic N) is 1. The Morgan fingerprint density at radius 1 is 1.30 bits per heavy atom. The number of amides is 1. The van der Waals surface area contributed by atoms with E-state index >= 15 is 0 Å². The van der Waals surface area contributed by atoms with Gasteiger partial charge in [-0.05, 0) is 24.3 Å². The summed E-state index contributed by atoms with van der Waals surface area (Å²) < 4.78 is 18.6. The third-order valence-electron chi connectivity index (χ3n) is 2.48. The van der Waals surface area contributed by atoms with Crippen molar-refractivity contribution < 1.29 is 13.9 Å². The van der Waals surface area contributed by atoms with Crippen LogP contribution in [0.1, 0.15) is 10.4 Å². The summed E-state index contributed by atoms with van der Waals surface area (Å²) in [6, 6.07) is 6.83. The number of ether oxygens (including phenoxy) is 1. The van der Waals surface area contributed by atoms with Gasteiger partial charge in [-0.15, -0.1) is 0 Å². The molecule has 0 atom stereocenters. The van der Waals surface area contributed by atoms with Crippen LogP contribution in [0.15, 0.2) is 30.3 Å². The lowest BCUT2D eigenvalue weighted by Crippen LogP contribution is -2.14. The number of halogens is 3. The van der Waals surface area contributed by atoms with Gasteiger partial charge in [0.15, 0.2) is 0 Å². The van der Waals surface area contributed by atoms with Crippen LogP contribution < -0.4 is 10.1 Å². The Morgan fingerprint density at radius 3 is 2.70 bits per heavy atom. The zero-order chi connectivity index (χ0) is 14.7. The molecule has 0 bridgehead atoms. The van der Waals surface area contributed by atoms with Crippen molar-refractivity contribution in [3.63, 3.8) is 0 Å². The van der Waals surface area contributed by atoms with Crippen LogP contribution in [0.25, 0.3) is 0 Å². The number of rotatable bonds is 3. The predicted octanol–water partition coefficient (Wildman–Crippen LogP) is 3.79. The normalized spacial score (nSPS) is 10.2. The minimum absolute atomic E-state index is 0.0135. The summed E-state index contributed by atoms with van der Waals surface area (Å²) in [6.07, 6.45) is 0. The number of carbonyl (C=O) groups is 1. The van der Waals surface area contributed by atoms with Gasteiger partial charge in [0.25, 0.3) is 5.91 Å². The molecule has 104 valence electrons. The molecule has 1 aromatic carbocycles. The van der Waals surface area contributed by atoms with Gasteiger partial charge in [-0.3, -0.25) is 4.79 Å². The highest BCUT2D eigenvalue weighted by molar-refractivity contribution is 6.35. The molecule has 0 radical (unpaired) electrons. The van der Waals surface area contributed by atoms with Crippen LogP contribution in [0.2, 0.25) is 10.3 Å². The third kappa shape index (κ3) is 3.18. The molecular weight excluding hydrogens is 306 g/mol. The monoisotopic (exact) mass is 314 g/mol. The Bertz CT molecular complexity index is 665. The molecule has 1 N–H and O–H groups in total. The number of nitrogens with one attached hydrogen (secondary N) is 1. The molecule has 2 rings (SSSR count). The van der Waals surface area contributed by atoms with E-state index in [1.165, 1.54) is 37.4 Å². The second-order valence-corrected chi connectivity index (χ2v) is 4.52. The average Bonchev–Trinajstić information content (AvgIpc) is 2.41. The molecule has 0 spiro atoms. The number of aromatic nitrogens is 1. The topological polar surface area (TPSA) is 51.2 Å². The molecule has 0 fully saturated rings. The van der Waals surface area contributed by atoms with Crippen molar-refractivity contribution >= 4 is 34.8 Å². The fraction of sp³-hybridized carbons (Fsp3) is 0.0769. The van der Waals surface area contributed by atoms with E-state index in [2.05, 4.69) is 10.3 Å². The van der Waals surface area contributed by atoms with Crippen molar-refractivity contribution in [3.05, 3.63) is 52.0 Å². The lowest BCUT2D eigenvalue weighted by molar-refractivity contribution is 0.102. The lowest BCUT2D eigenvalue weighted by atomic mass is 10.2. The summed E-state index contributed by atoms with van der Waals surface area (Å²) >= 11 is 11.5. The SMILES string of the molecule is COc1ccc(F)c(NC(=O)c2ccc(Cl)nc2Cl)c1. The van der Waals surface area contributed by atoms with Crippen molar-refractivity contribution in [2.24, 2.45) is 0 Å². The molecule has 0 aliphatic carbocycles. The van der Waals surface area contributed by atoms with E-state index in [-0.39, 0.29) is 21.6 Å². The molecule has 2 aromatic rings. The first kappa shape index (κ1) is 14.6. The molecule has 1 heterocycles. The van der Waals surface area contributed by atoms with E-state index in [0.717, 1.165) is 0 Å². The number of methoxy groups -OCH3 is 1. The summed E-state index contributed by atoms with van der Waals surface area (Å²) in [7, 11) is 1.44. The summed E-state index contributed by atoms with van der Waals surface area (Å²) in [5.41, 5.74) is 0.0821. The Hall–Kier alpha value is -1.85. The van der Waals surface area contributed by atoms with Gasteiger partial charge >= 0.3 is 0 Å². The van der Waals surface area contributed by atoms with Crippen LogP contribution in [-0.4, -0.2) is 18.0 Å². The Labute approximate surface area is 124 Å². The van der Waals surface area contributed by atoms with Crippen molar-refractivity contribution in [2.45, 2.75) is 0 Å². The molecule has 0 saturated carbocycles. The van der Waals surface area contributed by atoms with Gasteiger partial charge in [0, 0.05) is 6.07 Å². The first-order chi connectivity index (χ1) is 9.51. The van der Waals surface area contributed by atoms with E-state index < -0.39 is 11.7 Å². The predicted molar refractivity (Wildman–Crippen MR) is 75.2 cm³/mol. The summed E-state index contributed by atoms with van der Waals surface area (Å²) in [4.78, 5) is 15.8. The van der Waals surface area contributed by atoms with Gasteiger partial charge in [-0.1, -0.05) is 23.2 Å². The van der Waals surface area contributed by atoms with Gasteiger partial charge < -0.3 is 10.1 Å². The maximum absolute atomic E-state index is 13.6. The van der Waals surface area contributed by atoms with E-state index in [4.69, 9.17) is 27.9 Å². The highest BCUT2D eigenvalue weighted by Crippen LogP contribution is 2.23. The fourth-order valence-electron chi connectivity index (χ4n) is 1.50. The Morgan fingerprint density at radius 2 is 2.05 bits per heavy atom. The smallest absolute Gasteiger partial charge is 0.258 e. The van der Waals surface area contributed by atoms with Gasteiger partial charge in [-0.25, -0.2) is 9.37 Å². The van der Waals surface area contributed by atoms with E-state index in [1.807, 2.05) is 0 Å². The Balaban J connectivity index is 2.27. The second-order valence-electron chi connectivity index (χ2n) is 3.77. The quantitative estimate of drug-likeness (QED) is 0.877. The van der Waals surface area contributed by atoms with Crippen LogP contribution in [-0.2, 0) is 0 Å². The third-order valence-corrected chi connectivity index (χ3v) is 2.98. The molecular formula is C13H9Cl2FN2O2. The number of carbonyl (C=O) groups excluding carboxylic acids is 1. The second kappa shape index (κ2) is 6.07. The van der Waals surface area contributed by atoms with E-state index in [9.17, 15) is 9.18 Å². The number of hydrogen-bond donors (Lipinski definition) is 1. The highest BCUT2D eigenvalue weighted by Gasteiger charge is 2.14. The van der Waals surface area contributed by atoms with Gasteiger partial charge in [-0.2, -0.15) is 0 Å². The molecule has 4 nitrogen and oxygen atoms in total. The summed E-state index contributed by atoms with van der Waals surface area (Å²) in [5.74, 6) is -0.759. The molecule has 20 heavy (non-hydrogen) atoms. The molecule has 0 saturated heterocycles. The van der Waals surface area contributed by atoms with Crippen LogP contribution in [0.4, 0.5) is 10.1 Å². The number of hydrogen-bond acceptors (Lipinski definition) is 3. The van der Waals surface area contributed by atoms with Crippen LogP contribution in [0.5, 0.6) is 5.75 Å². The first-order valence-electron chi connectivity index (χ1n) is 5.48. The molecule has 0 aliphatic rings. The average molecular weight is 315 g/mol. The minimum atomic E-state index is -0.591. The zero-order valence-corrected chi connectivity index (χ0v) is 11.8. The fourth-order valence-corrected chi connectivity index (χ4v) is 1.93. The largest absolute Gasteiger partial charge is 0.497 e. The number of benzene rings is 1. The van der Waals surface area contributed by atoms with Crippen molar-refractivity contribution in [3.8, 4) is 5.75 Å². The van der Waals surface area contributed by atoms with Gasteiger partial charge in [0.1, 0.15) is 21.9 Å². The lowest BCUT2D eigenvalue weighted by Gasteiger charge is -2.09. The number of anilines is 1. The Kier molecular flexibility index (Phi) is 4.42. The molecule has 0 unspecified atom stereocenters. The van der Waals surface area contributed by atoms with Crippen molar-refractivity contribution in [1.29, 1.82) is 0 Å². The summed E-state index contributed by atoms with van der Waals surface area (Å²) in [5, 5.41) is 2.51. The molecule has 1 aromatic heterocycles. The summed E-state index contributed by atoms with van der Waals surface area (Å²) in [6.45, 7) is 0. The van der Waals surface area contributed by atoms with E-state index in [1.54, 1.807) is 0 Å². The minimum Gasteiger partial charge on any atom is -0.497 e. The van der Waals surface area contributed by atoms with Crippen molar-refractivity contribution in [2.75, 3.05) is 12.4 Å². The maximum Gasteiger partial charge on any atom is 0.258 e. The molecule has 7 heteroatoms. The molecule has 1 amide bonds. The van der Waals surface area contributed by atoms with Crippen LogP contribution in [0.3, 0.4) is 0 Å².